The van der Waals surface area contributed by atoms with Gasteiger partial charge in [0.25, 0.3) is 0 Å². The summed E-state index contributed by atoms with van der Waals surface area (Å²) in [6.45, 7) is 19.7. The van der Waals surface area contributed by atoms with Gasteiger partial charge in [0.1, 0.15) is 5.41 Å². The first-order chi connectivity index (χ1) is 11.5. The summed E-state index contributed by atoms with van der Waals surface area (Å²) in [5.41, 5.74) is 0.454. The van der Waals surface area contributed by atoms with Crippen LogP contribution in [-0.4, -0.2) is 40.2 Å². The van der Waals surface area contributed by atoms with Crippen molar-refractivity contribution in [1.29, 1.82) is 0 Å². The van der Waals surface area contributed by atoms with Crippen LogP contribution in [0.5, 0.6) is 0 Å². The third kappa shape index (κ3) is 5.28. The molecule has 0 N–H and O–H groups in total. The number of hydrogen-bond acceptors (Lipinski definition) is 4. The lowest BCUT2D eigenvalue weighted by Crippen LogP contribution is -2.53. The van der Waals surface area contributed by atoms with Gasteiger partial charge in [0, 0.05) is 0 Å². The fourth-order valence-corrected chi connectivity index (χ4v) is 3.73. The molecule has 144 valence electrons. The zero-order valence-corrected chi connectivity index (χ0v) is 18.1. The molecule has 1 aliphatic carbocycles. The van der Waals surface area contributed by atoms with Gasteiger partial charge in [-0.2, -0.15) is 0 Å². The van der Waals surface area contributed by atoms with Gasteiger partial charge in [0.05, 0.1) is 25.9 Å². The van der Waals surface area contributed by atoms with Gasteiger partial charge >= 0.3 is 5.97 Å². The predicted molar refractivity (Wildman–Crippen MR) is 105 cm³/mol. The SMILES string of the molecule is C=CCO[C@H]1C=C(C)CC[C@]1(CO[Si](C)(C)C(C)(C)C)C(=O)OCC. The number of ether oxygens (including phenoxy) is 2. The Balaban J connectivity index is 3.16. The molecule has 0 saturated heterocycles. The average molecular weight is 369 g/mol. The van der Waals surface area contributed by atoms with Crippen molar-refractivity contribution in [1.82, 2.24) is 0 Å². The van der Waals surface area contributed by atoms with Crippen LogP contribution in [0.2, 0.25) is 18.1 Å². The second-order valence-corrected chi connectivity index (χ2v) is 13.3. The Morgan fingerprint density at radius 2 is 2.08 bits per heavy atom. The molecule has 0 aromatic rings. The summed E-state index contributed by atoms with van der Waals surface area (Å²) in [6, 6.07) is 0. The lowest BCUT2D eigenvalue weighted by Gasteiger charge is -2.44. The quantitative estimate of drug-likeness (QED) is 0.348. The summed E-state index contributed by atoms with van der Waals surface area (Å²) in [6.07, 6.45) is 4.96. The zero-order valence-electron chi connectivity index (χ0n) is 17.1. The van der Waals surface area contributed by atoms with E-state index in [0.717, 1.165) is 6.42 Å². The lowest BCUT2D eigenvalue weighted by molar-refractivity contribution is -0.168. The normalized spacial score (nSPS) is 24.6. The molecule has 0 radical (unpaired) electrons. The van der Waals surface area contributed by atoms with Crippen LogP contribution in [0.25, 0.3) is 0 Å². The molecule has 0 heterocycles. The monoisotopic (exact) mass is 368 g/mol. The van der Waals surface area contributed by atoms with Crippen molar-refractivity contribution in [3.63, 3.8) is 0 Å². The minimum absolute atomic E-state index is 0.0841. The highest BCUT2D eigenvalue weighted by Crippen LogP contribution is 2.43. The Hall–Kier alpha value is -0.913. The first-order valence-corrected chi connectivity index (χ1v) is 12.1. The molecule has 0 aliphatic heterocycles. The Labute approximate surface area is 154 Å². The summed E-state index contributed by atoms with van der Waals surface area (Å²) in [4.78, 5) is 12.9. The van der Waals surface area contributed by atoms with Crippen LogP contribution in [0.15, 0.2) is 24.3 Å². The van der Waals surface area contributed by atoms with Gasteiger partial charge in [-0.25, -0.2) is 0 Å². The van der Waals surface area contributed by atoms with Crippen molar-refractivity contribution in [3.05, 3.63) is 24.3 Å². The number of carbonyl (C=O) groups excluding carboxylic acids is 1. The Bertz CT molecular complexity index is 504. The molecular formula is C20H36O4Si. The van der Waals surface area contributed by atoms with Gasteiger partial charge in [-0.05, 0) is 44.8 Å². The molecular weight excluding hydrogens is 332 g/mol. The molecule has 0 amide bonds. The van der Waals surface area contributed by atoms with Crippen LogP contribution in [0.1, 0.15) is 47.5 Å². The zero-order chi connectivity index (χ0) is 19.3. The molecule has 0 saturated carbocycles. The summed E-state index contributed by atoms with van der Waals surface area (Å²) in [5.74, 6) is -0.216. The van der Waals surface area contributed by atoms with Crippen molar-refractivity contribution < 1.29 is 18.7 Å². The number of hydrogen-bond donors (Lipinski definition) is 0. The van der Waals surface area contributed by atoms with Crippen molar-refractivity contribution in [3.8, 4) is 0 Å². The van der Waals surface area contributed by atoms with Crippen LogP contribution in [0.3, 0.4) is 0 Å². The molecule has 2 atom stereocenters. The van der Waals surface area contributed by atoms with Gasteiger partial charge in [0.15, 0.2) is 8.32 Å². The molecule has 0 fully saturated rings. The topological polar surface area (TPSA) is 44.8 Å². The fourth-order valence-electron chi connectivity index (χ4n) is 2.68. The molecule has 0 bridgehead atoms. The Morgan fingerprint density at radius 1 is 1.44 bits per heavy atom. The van der Waals surface area contributed by atoms with Gasteiger partial charge < -0.3 is 13.9 Å². The van der Waals surface area contributed by atoms with Crippen LogP contribution in [0, 0.1) is 5.41 Å². The largest absolute Gasteiger partial charge is 0.465 e. The van der Waals surface area contributed by atoms with E-state index in [1.807, 2.05) is 6.92 Å². The highest BCUT2D eigenvalue weighted by Gasteiger charge is 2.51. The van der Waals surface area contributed by atoms with Crippen molar-refractivity contribution in [2.24, 2.45) is 5.41 Å². The number of rotatable bonds is 8. The molecule has 0 aromatic carbocycles. The Morgan fingerprint density at radius 3 is 2.60 bits per heavy atom. The number of carbonyl (C=O) groups is 1. The standard InChI is InChI=1S/C20H36O4Si/c1-9-13-23-17-14-16(3)11-12-20(17,18(21)22-10-2)15-24-25(7,8)19(4,5)6/h9,14,17H,1,10-13,15H2,2-8H3/t17-,20+/m0/s1. The van der Waals surface area contributed by atoms with E-state index >= 15 is 0 Å². The summed E-state index contributed by atoms with van der Waals surface area (Å²) < 4.78 is 17.9. The molecule has 1 aliphatic rings. The van der Waals surface area contributed by atoms with Crippen LogP contribution < -0.4 is 0 Å². The van der Waals surface area contributed by atoms with E-state index < -0.39 is 13.7 Å². The van der Waals surface area contributed by atoms with E-state index in [1.165, 1.54) is 5.57 Å². The van der Waals surface area contributed by atoms with E-state index in [4.69, 9.17) is 13.9 Å². The van der Waals surface area contributed by atoms with E-state index in [2.05, 4.69) is 53.4 Å². The third-order valence-electron chi connectivity index (χ3n) is 5.52. The molecule has 0 spiro atoms. The number of allylic oxidation sites excluding steroid dienone is 1. The van der Waals surface area contributed by atoms with E-state index in [0.29, 0.717) is 26.2 Å². The van der Waals surface area contributed by atoms with Gasteiger partial charge in [-0.1, -0.05) is 38.5 Å². The molecule has 25 heavy (non-hydrogen) atoms. The first kappa shape index (κ1) is 22.1. The number of esters is 1. The van der Waals surface area contributed by atoms with Crippen LogP contribution in [0.4, 0.5) is 0 Å². The van der Waals surface area contributed by atoms with Gasteiger partial charge in [-0.15, -0.1) is 6.58 Å². The van der Waals surface area contributed by atoms with E-state index in [1.54, 1.807) is 6.08 Å². The maximum Gasteiger partial charge on any atom is 0.317 e. The summed E-state index contributed by atoms with van der Waals surface area (Å²) >= 11 is 0. The van der Waals surface area contributed by atoms with E-state index in [9.17, 15) is 4.79 Å². The summed E-state index contributed by atoms with van der Waals surface area (Å²) in [7, 11) is -1.99. The van der Waals surface area contributed by atoms with E-state index in [-0.39, 0.29) is 17.1 Å². The fraction of sp³-hybridized carbons (Fsp3) is 0.750. The van der Waals surface area contributed by atoms with Crippen molar-refractivity contribution in [2.45, 2.75) is 71.7 Å². The molecule has 4 nitrogen and oxygen atoms in total. The molecule has 0 aromatic heterocycles. The van der Waals surface area contributed by atoms with Gasteiger partial charge in [-0.3, -0.25) is 4.79 Å². The highest BCUT2D eigenvalue weighted by atomic mass is 28.4. The minimum Gasteiger partial charge on any atom is -0.465 e. The average Bonchev–Trinajstić information content (AvgIpc) is 2.51. The smallest absolute Gasteiger partial charge is 0.317 e. The first-order valence-electron chi connectivity index (χ1n) is 9.21. The summed E-state index contributed by atoms with van der Waals surface area (Å²) in [5, 5.41) is 0.0841. The second kappa shape index (κ2) is 8.65. The maximum absolute atomic E-state index is 12.9. The third-order valence-corrected chi connectivity index (χ3v) is 10.00. The van der Waals surface area contributed by atoms with Crippen molar-refractivity contribution in [2.75, 3.05) is 19.8 Å². The predicted octanol–water partition coefficient (Wildman–Crippen LogP) is 4.87. The highest BCUT2D eigenvalue weighted by molar-refractivity contribution is 6.74. The molecule has 1 rings (SSSR count). The molecule has 0 unspecified atom stereocenters. The van der Waals surface area contributed by atoms with Crippen LogP contribution >= 0.6 is 0 Å². The lowest BCUT2D eigenvalue weighted by atomic mass is 9.73. The van der Waals surface area contributed by atoms with Gasteiger partial charge in [0.2, 0.25) is 0 Å². The Kier molecular flexibility index (Phi) is 7.66. The minimum atomic E-state index is -1.99. The van der Waals surface area contributed by atoms with Crippen LogP contribution in [-0.2, 0) is 18.7 Å². The van der Waals surface area contributed by atoms with Crippen molar-refractivity contribution >= 4 is 14.3 Å². The maximum atomic E-state index is 12.9. The molecule has 5 heteroatoms. The second-order valence-electron chi connectivity index (χ2n) is 8.48.